The number of amides is 2. The fraction of sp³-hybridized carbons (Fsp3) is 0.231. The van der Waals surface area contributed by atoms with Crippen molar-refractivity contribution in [3.8, 4) is 0 Å². The number of halogens is 1. The molecule has 19 heavy (non-hydrogen) atoms. The van der Waals surface area contributed by atoms with Crippen molar-refractivity contribution in [3.05, 3.63) is 46.7 Å². The van der Waals surface area contributed by atoms with E-state index in [4.69, 9.17) is 0 Å². The Bertz CT molecular complexity index is 582. The number of hydrogen-bond acceptors (Lipinski definition) is 2. The van der Waals surface area contributed by atoms with Gasteiger partial charge in [0.15, 0.2) is 0 Å². The molecule has 0 unspecified atom stereocenters. The molecule has 0 radical (unpaired) electrons. The van der Waals surface area contributed by atoms with Crippen LogP contribution < -0.4 is 5.32 Å². The number of hydrogen-bond donors (Lipinski definition) is 1. The van der Waals surface area contributed by atoms with Gasteiger partial charge in [-0.05, 0) is 18.2 Å². The van der Waals surface area contributed by atoms with Crippen molar-refractivity contribution in [2.45, 2.75) is 6.54 Å². The molecule has 0 aliphatic rings. The highest BCUT2D eigenvalue weighted by atomic mass is 79.9. The van der Waals surface area contributed by atoms with Crippen LogP contribution in [0.2, 0.25) is 0 Å². The van der Waals surface area contributed by atoms with Gasteiger partial charge in [0.2, 0.25) is 0 Å². The zero-order chi connectivity index (χ0) is 13.8. The monoisotopic (exact) mass is 322 g/mol. The van der Waals surface area contributed by atoms with Gasteiger partial charge in [-0.3, -0.25) is 4.68 Å². The highest BCUT2D eigenvalue weighted by molar-refractivity contribution is 9.10. The van der Waals surface area contributed by atoms with E-state index in [2.05, 4.69) is 26.3 Å². The molecular formula is C13H15BrN4O. The molecular weight excluding hydrogens is 308 g/mol. The van der Waals surface area contributed by atoms with Crippen LogP contribution in [0.15, 0.2) is 41.1 Å². The van der Waals surface area contributed by atoms with Crippen molar-refractivity contribution in [1.82, 2.24) is 14.7 Å². The number of carbonyl (C=O) groups excluding carboxylic acids is 1. The van der Waals surface area contributed by atoms with Crippen LogP contribution in [0.25, 0.3) is 0 Å². The number of aryl methyl sites for hydroxylation is 1. The zero-order valence-corrected chi connectivity index (χ0v) is 12.4. The first-order valence-electron chi connectivity index (χ1n) is 5.80. The number of rotatable bonds is 3. The molecule has 100 valence electrons. The molecule has 2 rings (SSSR count). The number of nitrogens with one attached hydrogen (secondary N) is 1. The molecule has 1 heterocycles. The van der Waals surface area contributed by atoms with Crippen molar-refractivity contribution in [2.75, 3.05) is 12.4 Å². The standard InChI is InChI=1S/C13H15BrN4O/c1-17(8-10-7-15-18(2)9-10)13(19)16-12-5-3-4-11(14)6-12/h3-7,9H,8H2,1-2H3,(H,16,19). The minimum atomic E-state index is -0.151. The van der Waals surface area contributed by atoms with Crippen molar-refractivity contribution in [2.24, 2.45) is 7.05 Å². The van der Waals surface area contributed by atoms with Crippen molar-refractivity contribution in [3.63, 3.8) is 0 Å². The largest absolute Gasteiger partial charge is 0.323 e. The summed E-state index contributed by atoms with van der Waals surface area (Å²) in [4.78, 5) is 13.6. The highest BCUT2D eigenvalue weighted by Gasteiger charge is 2.10. The molecule has 0 aliphatic carbocycles. The lowest BCUT2D eigenvalue weighted by atomic mass is 10.3. The van der Waals surface area contributed by atoms with Crippen molar-refractivity contribution >= 4 is 27.6 Å². The molecule has 0 fully saturated rings. The normalized spacial score (nSPS) is 10.3. The van der Waals surface area contributed by atoms with Gasteiger partial charge in [-0.2, -0.15) is 5.10 Å². The lowest BCUT2D eigenvalue weighted by Crippen LogP contribution is -2.30. The van der Waals surface area contributed by atoms with E-state index in [9.17, 15) is 4.79 Å². The molecule has 1 N–H and O–H groups in total. The minimum Gasteiger partial charge on any atom is -0.323 e. The number of nitrogens with zero attached hydrogens (tertiary/aromatic N) is 3. The Kier molecular flexibility index (Phi) is 4.21. The highest BCUT2D eigenvalue weighted by Crippen LogP contribution is 2.16. The van der Waals surface area contributed by atoms with Crippen LogP contribution in [0.3, 0.4) is 0 Å². The van der Waals surface area contributed by atoms with Gasteiger partial charge in [-0.25, -0.2) is 4.79 Å². The molecule has 1 aromatic carbocycles. The molecule has 0 spiro atoms. The third kappa shape index (κ3) is 3.82. The molecule has 1 aromatic heterocycles. The maximum Gasteiger partial charge on any atom is 0.321 e. The average molecular weight is 323 g/mol. The van der Waals surface area contributed by atoms with Crippen LogP contribution in [-0.2, 0) is 13.6 Å². The zero-order valence-electron chi connectivity index (χ0n) is 10.8. The second-order valence-electron chi connectivity index (χ2n) is 4.32. The number of carbonyl (C=O) groups is 1. The van der Waals surface area contributed by atoms with Gasteiger partial charge >= 0.3 is 6.03 Å². The second-order valence-corrected chi connectivity index (χ2v) is 5.23. The van der Waals surface area contributed by atoms with Gasteiger partial charge in [0.1, 0.15) is 0 Å². The minimum absolute atomic E-state index is 0.151. The molecule has 0 saturated carbocycles. The first kappa shape index (κ1) is 13.6. The van der Waals surface area contributed by atoms with E-state index in [0.717, 1.165) is 15.7 Å². The van der Waals surface area contributed by atoms with Crippen LogP contribution in [-0.4, -0.2) is 27.8 Å². The molecule has 5 nitrogen and oxygen atoms in total. The second kappa shape index (κ2) is 5.88. The van der Waals surface area contributed by atoms with E-state index in [1.165, 1.54) is 0 Å². The summed E-state index contributed by atoms with van der Waals surface area (Å²) in [7, 11) is 3.60. The van der Waals surface area contributed by atoms with Crippen LogP contribution in [0.1, 0.15) is 5.56 Å². The molecule has 0 bridgehead atoms. The van der Waals surface area contributed by atoms with E-state index < -0.39 is 0 Å². The van der Waals surface area contributed by atoms with Gasteiger partial charge in [-0.15, -0.1) is 0 Å². The predicted molar refractivity (Wildman–Crippen MR) is 77.8 cm³/mol. The van der Waals surface area contributed by atoms with Crippen molar-refractivity contribution in [1.29, 1.82) is 0 Å². The molecule has 2 aromatic rings. The number of benzene rings is 1. The average Bonchev–Trinajstić information content (AvgIpc) is 2.74. The first-order valence-corrected chi connectivity index (χ1v) is 6.59. The van der Waals surface area contributed by atoms with Gasteiger partial charge in [0, 0.05) is 36.0 Å². The maximum absolute atomic E-state index is 12.0. The lowest BCUT2D eigenvalue weighted by molar-refractivity contribution is 0.220. The van der Waals surface area contributed by atoms with Gasteiger partial charge in [0.25, 0.3) is 0 Å². The Morgan fingerprint density at radius 2 is 2.32 bits per heavy atom. The Hall–Kier alpha value is -1.82. The van der Waals surface area contributed by atoms with E-state index >= 15 is 0 Å². The SMILES string of the molecule is CN(Cc1cnn(C)c1)C(=O)Nc1cccc(Br)c1. The van der Waals surface area contributed by atoms with Crippen LogP contribution in [0.4, 0.5) is 10.5 Å². The smallest absolute Gasteiger partial charge is 0.321 e. The van der Waals surface area contributed by atoms with Crippen LogP contribution in [0, 0.1) is 0 Å². The molecule has 0 saturated heterocycles. The maximum atomic E-state index is 12.0. The topological polar surface area (TPSA) is 50.2 Å². The molecule has 0 aliphatic heterocycles. The summed E-state index contributed by atoms with van der Waals surface area (Å²) in [5, 5.41) is 6.92. The summed E-state index contributed by atoms with van der Waals surface area (Å²) in [6, 6.07) is 7.34. The Labute approximate surface area is 120 Å². The van der Waals surface area contributed by atoms with Gasteiger partial charge < -0.3 is 10.2 Å². The van der Waals surface area contributed by atoms with E-state index in [1.807, 2.05) is 37.5 Å². The Morgan fingerprint density at radius 1 is 1.53 bits per heavy atom. The summed E-state index contributed by atoms with van der Waals surface area (Å²) in [6.45, 7) is 0.522. The number of aromatic nitrogens is 2. The summed E-state index contributed by atoms with van der Waals surface area (Å²) < 4.78 is 2.65. The van der Waals surface area contributed by atoms with E-state index in [1.54, 1.807) is 22.8 Å². The van der Waals surface area contributed by atoms with Crippen LogP contribution >= 0.6 is 15.9 Å². The predicted octanol–water partition coefficient (Wildman–Crippen LogP) is 2.85. The summed E-state index contributed by atoms with van der Waals surface area (Å²) in [5.41, 5.74) is 1.76. The molecule has 2 amide bonds. The van der Waals surface area contributed by atoms with Gasteiger partial charge in [0.05, 0.1) is 12.7 Å². The Morgan fingerprint density at radius 3 is 2.95 bits per heavy atom. The van der Waals surface area contributed by atoms with E-state index in [-0.39, 0.29) is 6.03 Å². The van der Waals surface area contributed by atoms with E-state index in [0.29, 0.717) is 6.54 Å². The number of anilines is 1. The molecule has 0 atom stereocenters. The fourth-order valence-electron chi connectivity index (χ4n) is 1.68. The third-order valence-corrected chi connectivity index (χ3v) is 3.09. The third-order valence-electron chi connectivity index (χ3n) is 2.60. The quantitative estimate of drug-likeness (QED) is 0.944. The number of urea groups is 1. The summed E-state index contributed by atoms with van der Waals surface area (Å²) >= 11 is 3.37. The van der Waals surface area contributed by atoms with Crippen molar-refractivity contribution < 1.29 is 4.79 Å². The summed E-state index contributed by atoms with van der Waals surface area (Å²) in [5.74, 6) is 0. The Balaban J connectivity index is 1.96. The van der Waals surface area contributed by atoms with Crippen LogP contribution in [0.5, 0.6) is 0 Å². The molecule has 6 heteroatoms. The summed E-state index contributed by atoms with van der Waals surface area (Å²) in [6.07, 6.45) is 3.64. The van der Waals surface area contributed by atoms with Gasteiger partial charge in [-0.1, -0.05) is 22.0 Å². The fourth-order valence-corrected chi connectivity index (χ4v) is 2.08. The first-order chi connectivity index (χ1) is 9.04. The lowest BCUT2D eigenvalue weighted by Gasteiger charge is -2.17.